The van der Waals surface area contributed by atoms with Crippen LogP contribution in [0.4, 0.5) is 4.39 Å². The number of hydrogen-bond acceptors (Lipinski definition) is 1. The maximum atomic E-state index is 13.7. The highest BCUT2D eigenvalue weighted by molar-refractivity contribution is 14.1. The maximum absolute atomic E-state index is 13.7. The molecule has 1 unspecified atom stereocenters. The number of rotatable bonds is 4. The maximum Gasteiger partial charge on any atom is 0.126 e. The molecule has 0 aliphatic heterocycles. The largest absolute Gasteiger partial charge is 0.313 e. The molecule has 0 heterocycles. The number of hydrogen-bond donors (Lipinski definition) is 1. The van der Waals surface area contributed by atoms with Gasteiger partial charge >= 0.3 is 0 Å². The van der Waals surface area contributed by atoms with E-state index in [1.165, 1.54) is 6.07 Å². The molecule has 1 nitrogen and oxygen atoms in total. The number of benzene rings is 2. The molecule has 2 aromatic carbocycles. The van der Waals surface area contributed by atoms with Gasteiger partial charge in [0.1, 0.15) is 5.82 Å². The van der Waals surface area contributed by atoms with Crippen LogP contribution in [0.3, 0.4) is 0 Å². The highest BCUT2D eigenvalue weighted by Crippen LogP contribution is 2.26. The van der Waals surface area contributed by atoms with Gasteiger partial charge in [-0.1, -0.05) is 29.8 Å². The van der Waals surface area contributed by atoms with Crippen molar-refractivity contribution in [3.63, 3.8) is 0 Å². The third-order valence-electron chi connectivity index (χ3n) is 3.06. The fraction of sp³-hybridized carbons (Fsp3) is 0.200. The van der Waals surface area contributed by atoms with E-state index in [0.29, 0.717) is 17.0 Å². The second kappa shape index (κ2) is 6.68. The van der Waals surface area contributed by atoms with Crippen LogP contribution < -0.4 is 5.32 Å². The van der Waals surface area contributed by atoms with Crippen molar-refractivity contribution in [2.24, 2.45) is 0 Å². The van der Waals surface area contributed by atoms with Crippen molar-refractivity contribution in [2.75, 3.05) is 7.05 Å². The van der Waals surface area contributed by atoms with Crippen LogP contribution in [0.15, 0.2) is 42.5 Å². The minimum absolute atomic E-state index is 0.0440. The van der Waals surface area contributed by atoms with Crippen LogP contribution in [-0.2, 0) is 6.42 Å². The van der Waals surface area contributed by atoms with E-state index in [-0.39, 0.29) is 11.9 Å². The monoisotopic (exact) mass is 389 g/mol. The van der Waals surface area contributed by atoms with E-state index in [9.17, 15) is 4.39 Å². The summed E-state index contributed by atoms with van der Waals surface area (Å²) in [6, 6.07) is 12.7. The van der Waals surface area contributed by atoms with Crippen LogP contribution in [0.1, 0.15) is 17.2 Å². The Hall–Kier alpha value is -0.650. The molecule has 0 aromatic heterocycles. The average molecular weight is 390 g/mol. The van der Waals surface area contributed by atoms with Gasteiger partial charge in [0, 0.05) is 14.6 Å². The van der Waals surface area contributed by atoms with Crippen LogP contribution in [0.5, 0.6) is 0 Å². The molecule has 2 rings (SSSR count). The summed E-state index contributed by atoms with van der Waals surface area (Å²) in [4.78, 5) is 0. The first-order valence-corrected chi connectivity index (χ1v) is 7.43. The molecule has 0 amide bonds. The van der Waals surface area contributed by atoms with Gasteiger partial charge < -0.3 is 5.32 Å². The van der Waals surface area contributed by atoms with E-state index in [0.717, 1.165) is 9.13 Å². The van der Waals surface area contributed by atoms with Crippen molar-refractivity contribution >= 4 is 34.2 Å². The zero-order chi connectivity index (χ0) is 13.8. The highest BCUT2D eigenvalue weighted by Gasteiger charge is 2.15. The Kier molecular flexibility index (Phi) is 5.19. The van der Waals surface area contributed by atoms with Gasteiger partial charge in [-0.25, -0.2) is 4.39 Å². The summed E-state index contributed by atoms with van der Waals surface area (Å²) < 4.78 is 14.8. The minimum Gasteiger partial charge on any atom is -0.313 e. The zero-order valence-electron chi connectivity index (χ0n) is 10.5. The molecule has 4 heteroatoms. The predicted molar refractivity (Wildman–Crippen MR) is 86.1 cm³/mol. The molecular formula is C15H14ClFIN. The van der Waals surface area contributed by atoms with E-state index >= 15 is 0 Å². The Bertz CT molecular complexity index is 574. The first-order chi connectivity index (χ1) is 9.11. The van der Waals surface area contributed by atoms with E-state index in [1.807, 2.05) is 37.4 Å². The molecule has 0 spiro atoms. The first-order valence-electron chi connectivity index (χ1n) is 5.97. The lowest BCUT2D eigenvalue weighted by molar-refractivity contribution is 0.553. The van der Waals surface area contributed by atoms with Crippen molar-refractivity contribution in [1.82, 2.24) is 5.32 Å². The summed E-state index contributed by atoms with van der Waals surface area (Å²) in [7, 11) is 1.88. The van der Waals surface area contributed by atoms with E-state index in [1.54, 1.807) is 6.07 Å². The minimum atomic E-state index is -0.167. The van der Waals surface area contributed by atoms with Gasteiger partial charge in [0.15, 0.2) is 0 Å². The lowest BCUT2D eigenvalue weighted by atomic mass is 9.99. The second-order valence-corrected chi connectivity index (χ2v) is 5.90. The first kappa shape index (κ1) is 14.8. The van der Waals surface area contributed by atoms with Crippen LogP contribution >= 0.6 is 34.2 Å². The van der Waals surface area contributed by atoms with Gasteiger partial charge in [-0.05, 0) is 71.5 Å². The summed E-state index contributed by atoms with van der Waals surface area (Å²) in [6.07, 6.45) is 0.597. The van der Waals surface area contributed by atoms with E-state index < -0.39 is 0 Å². The zero-order valence-corrected chi connectivity index (χ0v) is 13.4. The summed E-state index contributed by atoms with van der Waals surface area (Å²) in [5, 5.41) is 3.93. The lowest BCUT2D eigenvalue weighted by Crippen LogP contribution is -2.20. The lowest BCUT2D eigenvalue weighted by Gasteiger charge is -2.19. The smallest absolute Gasteiger partial charge is 0.126 e. The molecule has 100 valence electrons. The molecule has 0 aliphatic rings. The average Bonchev–Trinajstić information content (AvgIpc) is 2.41. The van der Waals surface area contributed by atoms with Crippen molar-refractivity contribution in [1.29, 1.82) is 0 Å². The van der Waals surface area contributed by atoms with E-state index in [4.69, 9.17) is 11.6 Å². The van der Waals surface area contributed by atoms with Gasteiger partial charge in [-0.15, -0.1) is 0 Å². The van der Waals surface area contributed by atoms with Crippen LogP contribution in [0, 0.1) is 9.39 Å². The molecule has 0 radical (unpaired) electrons. The van der Waals surface area contributed by atoms with Gasteiger partial charge in [0.25, 0.3) is 0 Å². The summed E-state index contributed by atoms with van der Waals surface area (Å²) in [5.41, 5.74) is 1.80. The number of nitrogens with one attached hydrogen (secondary N) is 1. The molecule has 0 bridgehead atoms. The molecule has 1 atom stereocenters. The predicted octanol–water partition coefficient (Wildman–Crippen LogP) is 4.59. The Morgan fingerprint density at radius 3 is 2.68 bits per heavy atom. The third-order valence-corrected chi connectivity index (χ3v) is 4.28. The molecular weight excluding hydrogens is 376 g/mol. The quantitative estimate of drug-likeness (QED) is 0.754. The molecule has 0 saturated carbocycles. The van der Waals surface area contributed by atoms with Gasteiger partial charge in [-0.2, -0.15) is 0 Å². The Morgan fingerprint density at radius 1 is 1.26 bits per heavy atom. The molecule has 2 aromatic rings. The van der Waals surface area contributed by atoms with Crippen molar-refractivity contribution in [3.8, 4) is 0 Å². The summed E-state index contributed by atoms with van der Waals surface area (Å²) in [5.74, 6) is -0.167. The molecule has 1 N–H and O–H groups in total. The molecule has 0 fully saturated rings. The topological polar surface area (TPSA) is 12.0 Å². The van der Waals surface area contributed by atoms with Crippen molar-refractivity contribution < 1.29 is 4.39 Å². The van der Waals surface area contributed by atoms with Gasteiger partial charge in [0.05, 0.1) is 0 Å². The summed E-state index contributed by atoms with van der Waals surface area (Å²) >= 11 is 8.32. The van der Waals surface area contributed by atoms with Crippen LogP contribution in [0.25, 0.3) is 0 Å². The van der Waals surface area contributed by atoms with Crippen LogP contribution in [0.2, 0.25) is 5.02 Å². The molecule has 0 saturated heterocycles. The standard InChI is InChI=1S/C15H14ClFIN/c1-19-15(8-10-4-2-3-5-13(10)17)12-9-11(16)6-7-14(12)18/h2-7,9,15,19H,8H2,1H3. The normalized spacial score (nSPS) is 12.4. The van der Waals surface area contributed by atoms with Crippen molar-refractivity contribution in [3.05, 3.63) is 68.0 Å². The second-order valence-electron chi connectivity index (χ2n) is 4.30. The Balaban J connectivity index is 2.30. The SMILES string of the molecule is CNC(Cc1ccccc1F)c1cc(Cl)ccc1I. The fourth-order valence-corrected chi connectivity index (χ4v) is 2.92. The van der Waals surface area contributed by atoms with Crippen LogP contribution in [-0.4, -0.2) is 7.05 Å². The number of halogens is 3. The van der Waals surface area contributed by atoms with Gasteiger partial charge in [-0.3, -0.25) is 0 Å². The Labute approximate surface area is 131 Å². The highest BCUT2D eigenvalue weighted by atomic mass is 127. The number of likely N-dealkylation sites (N-methyl/N-ethyl adjacent to an activating group) is 1. The van der Waals surface area contributed by atoms with Crippen molar-refractivity contribution in [2.45, 2.75) is 12.5 Å². The summed E-state index contributed by atoms with van der Waals surface area (Å²) in [6.45, 7) is 0. The Morgan fingerprint density at radius 2 is 2.00 bits per heavy atom. The van der Waals surface area contributed by atoms with E-state index in [2.05, 4.69) is 27.9 Å². The molecule has 0 aliphatic carbocycles. The molecule has 19 heavy (non-hydrogen) atoms. The fourth-order valence-electron chi connectivity index (χ4n) is 2.03. The third kappa shape index (κ3) is 3.68. The van der Waals surface area contributed by atoms with Gasteiger partial charge in [0.2, 0.25) is 0 Å².